The Kier molecular flexibility index (Phi) is 5.99. The van der Waals surface area contributed by atoms with E-state index < -0.39 is 0 Å². The lowest BCUT2D eigenvalue weighted by Crippen LogP contribution is -2.06. The molecule has 0 fully saturated rings. The zero-order chi connectivity index (χ0) is 20.1. The van der Waals surface area contributed by atoms with Crippen LogP contribution in [0.5, 0.6) is 11.5 Å². The van der Waals surface area contributed by atoms with Gasteiger partial charge in [-0.25, -0.2) is 4.98 Å². The van der Waals surface area contributed by atoms with E-state index in [1.54, 1.807) is 14.2 Å². The van der Waals surface area contributed by atoms with E-state index in [9.17, 15) is 0 Å². The van der Waals surface area contributed by atoms with Crippen LogP contribution in [0.1, 0.15) is 22.4 Å². The van der Waals surface area contributed by atoms with Crippen LogP contribution in [-0.4, -0.2) is 24.2 Å². The Morgan fingerprint density at radius 3 is 2.32 bits per heavy atom. The molecule has 2 N–H and O–H groups in total. The number of nitrogens with zero attached hydrogens (tertiary/aromatic N) is 2. The minimum absolute atomic E-state index is 0.570. The van der Waals surface area contributed by atoms with E-state index in [-0.39, 0.29) is 0 Å². The summed E-state index contributed by atoms with van der Waals surface area (Å²) in [5.74, 6) is 2.73. The Morgan fingerprint density at radius 2 is 1.61 bits per heavy atom. The van der Waals surface area contributed by atoms with Crippen LogP contribution in [0.3, 0.4) is 0 Å². The summed E-state index contributed by atoms with van der Waals surface area (Å²) in [5, 5.41) is 6.64. The second-order valence-electron chi connectivity index (χ2n) is 6.69. The second kappa shape index (κ2) is 8.61. The number of nitrogens with one attached hydrogen (secondary N) is 2. The first kappa shape index (κ1) is 19.5. The SMILES string of the molecule is COc1ccc(CNc2nc(C)cc(Nc3ccc(C)c(C)c3)n2)cc1OC. The maximum Gasteiger partial charge on any atom is 0.225 e. The smallest absolute Gasteiger partial charge is 0.225 e. The number of benzene rings is 2. The zero-order valence-corrected chi connectivity index (χ0v) is 17.0. The fraction of sp³-hybridized carbons (Fsp3) is 0.273. The molecule has 1 heterocycles. The summed E-state index contributed by atoms with van der Waals surface area (Å²) in [6.45, 7) is 6.73. The molecule has 6 heteroatoms. The number of ether oxygens (including phenoxy) is 2. The molecule has 0 aliphatic rings. The summed E-state index contributed by atoms with van der Waals surface area (Å²) < 4.78 is 10.6. The lowest BCUT2D eigenvalue weighted by Gasteiger charge is -2.12. The normalized spacial score (nSPS) is 10.5. The number of rotatable bonds is 7. The van der Waals surface area contributed by atoms with Crippen molar-refractivity contribution in [2.45, 2.75) is 27.3 Å². The zero-order valence-electron chi connectivity index (χ0n) is 17.0. The fourth-order valence-corrected chi connectivity index (χ4v) is 2.85. The third-order valence-electron chi connectivity index (χ3n) is 4.53. The lowest BCUT2D eigenvalue weighted by atomic mass is 10.1. The Bertz CT molecular complexity index is 973. The number of hydrogen-bond donors (Lipinski definition) is 2. The van der Waals surface area contributed by atoms with Gasteiger partial charge in [0, 0.05) is 24.0 Å². The van der Waals surface area contributed by atoms with E-state index in [2.05, 4.69) is 52.6 Å². The van der Waals surface area contributed by atoms with Crippen LogP contribution < -0.4 is 20.1 Å². The van der Waals surface area contributed by atoms with Gasteiger partial charge in [-0.3, -0.25) is 0 Å². The molecule has 0 aliphatic heterocycles. The highest BCUT2D eigenvalue weighted by atomic mass is 16.5. The monoisotopic (exact) mass is 378 g/mol. The number of aromatic nitrogens is 2. The number of anilines is 3. The third-order valence-corrected chi connectivity index (χ3v) is 4.53. The van der Waals surface area contributed by atoms with Crippen molar-refractivity contribution >= 4 is 17.5 Å². The largest absolute Gasteiger partial charge is 0.493 e. The molecule has 0 spiro atoms. The average molecular weight is 378 g/mol. The summed E-state index contributed by atoms with van der Waals surface area (Å²) in [4.78, 5) is 9.06. The molecule has 0 atom stereocenters. The van der Waals surface area contributed by atoms with Gasteiger partial charge < -0.3 is 20.1 Å². The minimum atomic E-state index is 0.570. The number of aryl methyl sites for hydroxylation is 3. The Morgan fingerprint density at radius 1 is 0.821 bits per heavy atom. The van der Waals surface area contributed by atoms with Crippen LogP contribution >= 0.6 is 0 Å². The molecule has 6 nitrogen and oxygen atoms in total. The molecule has 0 amide bonds. The highest BCUT2D eigenvalue weighted by Gasteiger charge is 2.07. The lowest BCUT2D eigenvalue weighted by molar-refractivity contribution is 0.354. The van der Waals surface area contributed by atoms with Crippen molar-refractivity contribution in [3.63, 3.8) is 0 Å². The highest BCUT2D eigenvalue weighted by Crippen LogP contribution is 2.28. The molecule has 0 unspecified atom stereocenters. The quantitative estimate of drug-likeness (QED) is 0.617. The first-order chi connectivity index (χ1) is 13.5. The van der Waals surface area contributed by atoms with E-state index in [4.69, 9.17) is 9.47 Å². The maximum absolute atomic E-state index is 5.36. The van der Waals surface area contributed by atoms with Gasteiger partial charge in [0.05, 0.1) is 14.2 Å². The Hall–Kier alpha value is -3.28. The highest BCUT2D eigenvalue weighted by molar-refractivity contribution is 5.59. The molecule has 3 aromatic rings. The molecule has 0 radical (unpaired) electrons. The first-order valence-corrected chi connectivity index (χ1v) is 9.13. The van der Waals surface area contributed by atoms with E-state index in [1.165, 1.54) is 11.1 Å². The van der Waals surface area contributed by atoms with Crippen LogP contribution in [0, 0.1) is 20.8 Å². The predicted molar refractivity (Wildman–Crippen MR) is 113 cm³/mol. The summed E-state index contributed by atoms with van der Waals surface area (Å²) in [6, 6.07) is 14.0. The molecule has 28 heavy (non-hydrogen) atoms. The molecular formula is C22H26N4O2. The molecule has 146 valence electrons. The van der Waals surface area contributed by atoms with Crippen LogP contribution in [0.15, 0.2) is 42.5 Å². The minimum Gasteiger partial charge on any atom is -0.493 e. The van der Waals surface area contributed by atoms with Crippen molar-refractivity contribution < 1.29 is 9.47 Å². The molecular weight excluding hydrogens is 352 g/mol. The van der Waals surface area contributed by atoms with E-state index >= 15 is 0 Å². The summed E-state index contributed by atoms with van der Waals surface area (Å²) in [5.41, 5.74) is 5.44. The van der Waals surface area contributed by atoms with Crippen molar-refractivity contribution in [3.8, 4) is 11.5 Å². The van der Waals surface area contributed by atoms with Gasteiger partial charge in [-0.2, -0.15) is 4.98 Å². The van der Waals surface area contributed by atoms with Gasteiger partial charge in [-0.15, -0.1) is 0 Å². The summed E-state index contributed by atoms with van der Waals surface area (Å²) >= 11 is 0. The molecule has 3 rings (SSSR count). The Balaban J connectivity index is 1.73. The van der Waals surface area contributed by atoms with Crippen LogP contribution in [0.2, 0.25) is 0 Å². The van der Waals surface area contributed by atoms with Gasteiger partial charge in [0.25, 0.3) is 0 Å². The van der Waals surface area contributed by atoms with Gasteiger partial charge in [-0.05, 0) is 61.7 Å². The fourth-order valence-electron chi connectivity index (χ4n) is 2.85. The van der Waals surface area contributed by atoms with Crippen molar-refractivity contribution in [1.82, 2.24) is 9.97 Å². The molecule has 2 aromatic carbocycles. The van der Waals surface area contributed by atoms with Crippen LogP contribution in [0.4, 0.5) is 17.5 Å². The second-order valence-corrected chi connectivity index (χ2v) is 6.69. The van der Waals surface area contributed by atoms with Gasteiger partial charge in [0.2, 0.25) is 5.95 Å². The molecule has 0 saturated heterocycles. The van der Waals surface area contributed by atoms with Crippen molar-refractivity contribution in [1.29, 1.82) is 0 Å². The topological polar surface area (TPSA) is 68.3 Å². The predicted octanol–water partition coefficient (Wildman–Crippen LogP) is 4.77. The van der Waals surface area contributed by atoms with Crippen molar-refractivity contribution in [2.75, 3.05) is 24.9 Å². The average Bonchev–Trinajstić information content (AvgIpc) is 2.68. The molecule has 0 bridgehead atoms. The van der Waals surface area contributed by atoms with Gasteiger partial charge >= 0.3 is 0 Å². The Labute approximate surface area is 166 Å². The van der Waals surface area contributed by atoms with E-state index in [0.29, 0.717) is 24.0 Å². The standard InChI is InChI=1S/C22H26N4O2/c1-14-6-8-18(10-15(14)2)25-21-11-16(3)24-22(26-21)23-13-17-7-9-19(27-4)20(12-17)28-5/h6-12H,13H2,1-5H3,(H2,23,24,25,26). The summed E-state index contributed by atoms with van der Waals surface area (Å²) in [6.07, 6.45) is 0. The van der Waals surface area contributed by atoms with Gasteiger partial charge in [0.15, 0.2) is 11.5 Å². The third kappa shape index (κ3) is 4.71. The number of methoxy groups -OCH3 is 2. The maximum atomic E-state index is 5.36. The van der Waals surface area contributed by atoms with E-state index in [0.717, 1.165) is 22.8 Å². The number of hydrogen-bond acceptors (Lipinski definition) is 6. The van der Waals surface area contributed by atoms with Crippen molar-refractivity contribution in [2.24, 2.45) is 0 Å². The molecule has 0 saturated carbocycles. The summed E-state index contributed by atoms with van der Waals surface area (Å²) in [7, 11) is 3.25. The molecule has 0 aliphatic carbocycles. The van der Waals surface area contributed by atoms with Gasteiger partial charge in [0.1, 0.15) is 5.82 Å². The van der Waals surface area contributed by atoms with E-state index in [1.807, 2.05) is 31.2 Å². The first-order valence-electron chi connectivity index (χ1n) is 9.13. The van der Waals surface area contributed by atoms with Crippen LogP contribution in [0.25, 0.3) is 0 Å². The van der Waals surface area contributed by atoms with Crippen LogP contribution in [-0.2, 0) is 6.54 Å². The van der Waals surface area contributed by atoms with Gasteiger partial charge in [-0.1, -0.05) is 12.1 Å². The van der Waals surface area contributed by atoms with Crippen molar-refractivity contribution in [3.05, 3.63) is 64.8 Å². The molecule has 1 aromatic heterocycles.